The van der Waals surface area contributed by atoms with Crippen molar-refractivity contribution in [2.45, 2.75) is 18.9 Å². The molecule has 0 atom stereocenters. The molecular weight excluding hydrogens is 333 g/mol. The maximum absolute atomic E-state index is 12.4. The van der Waals surface area contributed by atoms with E-state index in [4.69, 9.17) is 17.3 Å². The Bertz CT molecular complexity index is 500. The molecule has 118 valence electrons. The van der Waals surface area contributed by atoms with Crippen LogP contribution in [-0.4, -0.2) is 47.9 Å². The van der Waals surface area contributed by atoms with Crippen molar-refractivity contribution in [2.75, 3.05) is 31.9 Å². The number of benzene rings is 1. The van der Waals surface area contributed by atoms with Crippen molar-refractivity contribution in [2.24, 2.45) is 0 Å². The number of hydrogen-bond acceptors (Lipinski definition) is 3. The van der Waals surface area contributed by atoms with E-state index in [2.05, 4.69) is 4.90 Å². The average Bonchev–Trinajstić information content (AvgIpc) is 3.22. The molecule has 7 heteroatoms. The summed E-state index contributed by atoms with van der Waals surface area (Å²) >= 11 is 6.09. The molecule has 1 heterocycles. The van der Waals surface area contributed by atoms with Gasteiger partial charge >= 0.3 is 0 Å². The molecule has 1 saturated carbocycles. The number of hydrogen-bond donors (Lipinski definition) is 1. The van der Waals surface area contributed by atoms with Gasteiger partial charge in [0.25, 0.3) is 5.91 Å². The molecule has 1 aliphatic carbocycles. The number of rotatable bonds is 2. The molecule has 1 aromatic carbocycles. The summed E-state index contributed by atoms with van der Waals surface area (Å²) in [4.78, 5) is 16.8. The number of nitrogens with zero attached hydrogens (tertiary/aromatic N) is 2. The van der Waals surface area contributed by atoms with E-state index in [1.165, 1.54) is 12.8 Å². The van der Waals surface area contributed by atoms with Crippen LogP contribution in [0.5, 0.6) is 0 Å². The molecule has 2 N–H and O–H groups in total. The summed E-state index contributed by atoms with van der Waals surface area (Å²) in [7, 11) is 0. The Balaban J connectivity index is 0.00000110. The van der Waals surface area contributed by atoms with Crippen LogP contribution in [0.1, 0.15) is 23.2 Å². The van der Waals surface area contributed by atoms with Crippen LogP contribution in [0.4, 0.5) is 5.69 Å². The quantitative estimate of drug-likeness (QED) is 0.833. The van der Waals surface area contributed by atoms with Crippen molar-refractivity contribution < 1.29 is 4.79 Å². The van der Waals surface area contributed by atoms with Crippen molar-refractivity contribution >= 4 is 48.0 Å². The van der Waals surface area contributed by atoms with Gasteiger partial charge in [0.15, 0.2) is 0 Å². The highest BCUT2D eigenvalue weighted by Gasteiger charge is 2.32. The second kappa shape index (κ2) is 7.54. The summed E-state index contributed by atoms with van der Waals surface area (Å²) in [6, 6.07) is 5.85. The molecule has 0 bridgehead atoms. The second-order valence-corrected chi connectivity index (χ2v) is 5.71. The Hall–Kier alpha value is -0.680. The molecule has 0 unspecified atom stereocenters. The van der Waals surface area contributed by atoms with E-state index < -0.39 is 0 Å². The van der Waals surface area contributed by atoms with Gasteiger partial charge in [-0.2, -0.15) is 0 Å². The van der Waals surface area contributed by atoms with Crippen LogP contribution in [-0.2, 0) is 0 Å². The normalized spacial score (nSPS) is 18.6. The van der Waals surface area contributed by atoms with Crippen LogP contribution in [0.2, 0.25) is 5.02 Å². The Morgan fingerprint density at radius 2 is 1.76 bits per heavy atom. The number of halogens is 3. The second-order valence-electron chi connectivity index (χ2n) is 5.30. The van der Waals surface area contributed by atoms with Gasteiger partial charge in [0, 0.05) is 37.9 Å². The van der Waals surface area contributed by atoms with Crippen molar-refractivity contribution in [3.63, 3.8) is 0 Å². The molecule has 2 aliphatic rings. The fourth-order valence-electron chi connectivity index (χ4n) is 2.60. The van der Waals surface area contributed by atoms with Crippen LogP contribution < -0.4 is 5.73 Å². The van der Waals surface area contributed by atoms with Crippen LogP contribution in [0, 0.1) is 0 Å². The van der Waals surface area contributed by atoms with Gasteiger partial charge in [-0.25, -0.2) is 0 Å². The Morgan fingerprint density at radius 3 is 2.29 bits per heavy atom. The number of anilines is 1. The van der Waals surface area contributed by atoms with Gasteiger partial charge < -0.3 is 10.6 Å². The van der Waals surface area contributed by atoms with Crippen LogP contribution >= 0.6 is 36.4 Å². The lowest BCUT2D eigenvalue weighted by atomic mass is 10.1. The van der Waals surface area contributed by atoms with E-state index >= 15 is 0 Å². The number of carbonyl (C=O) groups excluding carboxylic acids is 1. The molecule has 4 nitrogen and oxygen atoms in total. The van der Waals surface area contributed by atoms with Crippen molar-refractivity contribution in [3.05, 3.63) is 28.8 Å². The minimum absolute atomic E-state index is 0. The first kappa shape index (κ1) is 18.4. The third-order valence-electron chi connectivity index (χ3n) is 3.89. The highest BCUT2D eigenvalue weighted by molar-refractivity contribution is 6.34. The van der Waals surface area contributed by atoms with Crippen LogP contribution in [0.15, 0.2) is 18.2 Å². The smallest absolute Gasteiger partial charge is 0.255 e. The molecule has 1 aromatic rings. The van der Waals surface area contributed by atoms with Crippen LogP contribution in [0.25, 0.3) is 0 Å². The predicted molar refractivity (Wildman–Crippen MR) is 90.9 cm³/mol. The third kappa shape index (κ3) is 4.16. The highest BCUT2D eigenvalue weighted by Crippen LogP contribution is 2.28. The number of nitrogens with two attached hydrogens (primary N) is 1. The highest BCUT2D eigenvalue weighted by atomic mass is 35.5. The summed E-state index contributed by atoms with van der Waals surface area (Å²) < 4.78 is 0. The molecule has 0 radical (unpaired) electrons. The fourth-order valence-corrected chi connectivity index (χ4v) is 2.87. The van der Waals surface area contributed by atoms with Crippen molar-refractivity contribution in [3.8, 4) is 0 Å². The Morgan fingerprint density at radius 1 is 1.14 bits per heavy atom. The number of amides is 1. The lowest BCUT2D eigenvalue weighted by molar-refractivity contribution is 0.0627. The van der Waals surface area contributed by atoms with E-state index in [1.807, 2.05) is 4.90 Å². The largest absolute Gasteiger partial charge is 0.399 e. The monoisotopic (exact) mass is 351 g/mol. The van der Waals surface area contributed by atoms with E-state index in [1.54, 1.807) is 18.2 Å². The van der Waals surface area contributed by atoms with Crippen molar-refractivity contribution in [1.82, 2.24) is 9.80 Å². The zero-order chi connectivity index (χ0) is 13.4. The molecule has 21 heavy (non-hydrogen) atoms. The first-order valence-corrected chi connectivity index (χ1v) is 7.11. The average molecular weight is 353 g/mol. The van der Waals surface area contributed by atoms with Gasteiger partial charge in [0.2, 0.25) is 0 Å². The standard InChI is InChI=1S/C14H18ClN3O.2ClH/c15-13-9-10(16)1-4-12(13)14(19)18-7-5-17(6-8-18)11-2-3-11;;/h1,4,9,11H,2-3,5-8,16H2;2*1H. The molecule has 1 aliphatic heterocycles. The van der Waals surface area contributed by atoms with Gasteiger partial charge in [-0.15, -0.1) is 24.8 Å². The summed E-state index contributed by atoms with van der Waals surface area (Å²) in [5.41, 5.74) is 6.78. The number of carbonyl (C=O) groups is 1. The summed E-state index contributed by atoms with van der Waals surface area (Å²) in [6.07, 6.45) is 2.63. The molecular formula is C14H20Cl3N3O. The Labute approximate surface area is 142 Å². The SMILES string of the molecule is Cl.Cl.Nc1ccc(C(=O)N2CCN(C3CC3)CC2)c(Cl)c1. The number of nitrogen functional groups attached to an aromatic ring is 1. The topological polar surface area (TPSA) is 49.6 Å². The fraction of sp³-hybridized carbons (Fsp3) is 0.500. The lowest BCUT2D eigenvalue weighted by Gasteiger charge is -2.35. The maximum atomic E-state index is 12.4. The zero-order valence-corrected chi connectivity index (χ0v) is 14.0. The molecule has 1 amide bonds. The summed E-state index contributed by atoms with van der Waals surface area (Å²) in [5.74, 6) is 0.0143. The predicted octanol–water partition coefficient (Wildman–Crippen LogP) is 2.69. The summed E-state index contributed by atoms with van der Waals surface area (Å²) in [6.45, 7) is 3.53. The van der Waals surface area contributed by atoms with Gasteiger partial charge in [0.05, 0.1) is 10.6 Å². The maximum Gasteiger partial charge on any atom is 0.255 e. The molecule has 2 fully saturated rings. The minimum atomic E-state index is 0. The van der Waals surface area contributed by atoms with E-state index in [9.17, 15) is 4.79 Å². The molecule has 3 rings (SSSR count). The van der Waals surface area contributed by atoms with Crippen LogP contribution in [0.3, 0.4) is 0 Å². The van der Waals surface area contributed by atoms with Gasteiger partial charge in [0.1, 0.15) is 0 Å². The van der Waals surface area contributed by atoms with E-state index in [0.717, 1.165) is 32.2 Å². The van der Waals surface area contributed by atoms with Gasteiger partial charge in [-0.1, -0.05) is 11.6 Å². The molecule has 0 aromatic heterocycles. The lowest BCUT2D eigenvalue weighted by Crippen LogP contribution is -2.49. The first-order chi connectivity index (χ1) is 9.15. The zero-order valence-electron chi connectivity index (χ0n) is 11.6. The third-order valence-corrected chi connectivity index (χ3v) is 4.20. The number of piperazine rings is 1. The van der Waals surface area contributed by atoms with Gasteiger partial charge in [-0.05, 0) is 31.0 Å². The minimum Gasteiger partial charge on any atom is -0.399 e. The molecule has 0 spiro atoms. The molecule has 1 saturated heterocycles. The first-order valence-electron chi connectivity index (χ1n) is 6.73. The van der Waals surface area contributed by atoms with E-state index in [-0.39, 0.29) is 30.7 Å². The van der Waals surface area contributed by atoms with E-state index in [0.29, 0.717) is 16.3 Å². The summed E-state index contributed by atoms with van der Waals surface area (Å²) in [5, 5.41) is 0.439. The van der Waals surface area contributed by atoms with Crippen molar-refractivity contribution in [1.29, 1.82) is 0 Å². The Kier molecular flexibility index (Phi) is 6.60. The van der Waals surface area contributed by atoms with Gasteiger partial charge in [-0.3, -0.25) is 9.69 Å².